The minimum Gasteiger partial charge on any atom is -0.490 e. The summed E-state index contributed by atoms with van der Waals surface area (Å²) in [4.78, 5) is 20.8. The molecule has 1 aliphatic heterocycles. The molecule has 39 heavy (non-hydrogen) atoms. The molecule has 5 nitrogen and oxygen atoms in total. The van der Waals surface area contributed by atoms with Gasteiger partial charge in [0.25, 0.3) is 5.91 Å². The van der Waals surface area contributed by atoms with Crippen molar-refractivity contribution in [1.82, 2.24) is 4.90 Å². The number of amidine groups is 1. The molecule has 0 aromatic heterocycles. The summed E-state index contributed by atoms with van der Waals surface area (Å²) in [6, 6.07) is 33.7. The quantitative estimate of drug-likeness (QED) is 0.206. The molecule has 1 heterocycles. The van der Waals surface area contributed by atoms with E-state index in [1.807, 2.05) is 123 Å². The molecule has 1 amide bonds. The Morgan fingerprint density at radius 3 is 2.21 bits per heavy atom. The van der Waals surface area contributed by atoms with E-state index in [4.69, 9.17) is 14.5 Å². The highest BCUT2D eigenvalue weighted by molar-refractivity contribution is 8.18. The van der Waals surface area contributed by atoms with Crippen molar-refractivity contribution < 1.29 is 14.3 Å². The number of nitrogens with zero attached hydrogens (tertiary/aromatic N) is 2. The van der Waals surface area contributed by atoms with Gasteiger partial charge in [-0.15, -0.1) is 0 Å². The molecule has 0 N–H and O–H groups in total. The third-order valence-corrected chi connectivity index (χ3v) is 7.14. The van der Waals surface area contributed by atoms with Crippen LogP contribution in [0.15, 0.2) is 113 Å². The minimum atomic E-state index is -0.0721. The predicted octanol–water partition coefficient (Wildman–Crippen LogP) is 7.78. The lowest BCUT2D eigenvalue weighted by Crippen LogP contribution is -2.28. The van der Waals surface area contributed by atoms with E-state index in [0.29, 0.717) is 41.3 Å². The molecule has 0 atom stereocenters. The molecule has 0 spiro atoms. The normalized spacial score (nSPS) is 15.2. The van der Waals surface area contributed by atoms with Gasteiger partial charge in [0.1, 0.15) is 6.61 Å². The van der Waals surface area contributed by atoms with Crippen LogP contribution < -0.4 is 9.47 Å². The Labute approximate surface area is 233 Å². The molecule has 196 valence electrons. The number of hydrogen-bond acceptors (Lipinski definition) is 5. The first-order valence-corrected chi connectivity index (χ1v) is 13.7. The van der Waals surface area contributed by atoms with Crippen LogP contribution in [-0.4, -0.2) is 22.6 Å². The van der Waals surface area contributed by atoms with Crippen LogP contribution in [0.4, 0.5) is 5.69 Å². The molecule has 1 aliphatic rings. The Hall–Kier alpha value is -4.29. The van der Waals surface area contributed by atoms with Crippen molar-refractivity contribution in [2.75, 3.05) is 6.61 Å². The van der Waals surface area contributed by atoms with E-state index in [1.165, 1.54) is 11.8 Å². The average Bonchev–Trinajstić information content (AvgIpc) is 3.24. The molecular weight excluding hydrogens is 504 g/mol. The maximum absolute atomic E-state index is 13.6. The average molecular weight is 535 g/mol. The minimum absolute atomic E-state index is 0.0721. The summed E-state index contributed by atoms with van der Waals surface area (Å²) < 4.78 is 11.9. The SMILES string of the molecule is CCOc1cc(/C=C2/SC(=Nc3ccc(C)cc3)N(Cc3ccccc3)C2=O)ccc1OCc1ccccc1. The summed E-state index contributed by atoms with van der Waals surface area (Å²) >= 11 is 1.39. The highest BCUT2D eigenvalue weighted by Crippen LogP contribution is 2.37. The highest BCUT2D eigenvalue weighted by Gasteiger charge is 2.33. The zero-order chi connectivity index (χ0) is 27.0. The Bertz CT molecular complexity index is 1480. The van der Waals surface area contributed by atoms with Crippen LogP contribution in [0.5, 0.6) is 11.5 Å². The number of aliphatic imine (C=N–C) groups is 1. The van der Waals surface area contributed by atoms with Gasteiger partial charge in [0.05, 0.1) is 23.7 Å². The van der Waals surface area contributed by atoms with Crippen molar-refractivity contribution in [2.24, 2.45) is 4.99 Å². The maximum Gasteiger partial charge on any atom is 0.267 e. The van der Waals surface area contributed by atoms with Gasteiger partial charge in [-0.2, -0.15) is 0 Å². The molecule has 0 unspecified atom stereocenters. The molecule has 0 saturated carbocycles. The van der Waals surface area contributed by atoms with Gasteiger partial charge in [-0.1, -0.05) is 84.4 Å². The van der Waals surface area contributed by atoms with Crippen LogP contribution in [-0.2, 0) is 17.9 Å². The zero-order valence-electron chi connectivity index (χ0n) is 22.0. The molecule has 1 saturated heterocycles. The summed E-state index contributed by atoms with van der Waals surface area (Å²) in [5, 5.41) is 0.659. The van der Waals surface area contributed by atoms with Crippen molar-refractivity contribution in [2.45, 2.75) is 27.0 Å². The summed E-state index contributed by atoms with van der Waals surface area (Å²) in [6.07, 6.45) is 1.89. The lowest BCUT2D eigenvalue weighted by Gasteiger charge is -2.15. The number of carbonyl (C=O) groups excluding carboxylic acids is 1. The third kappa shape index (κ3) is 6.78. The fourth-order valence-electron chi connectivity index (χ4n) is 4.12. The van der Waals surface area contributed by atoms with Crippen molar-refractivity contribution >= 4 is 34.6 Å². The van der Waals surface area contributed by atoms with Gasteiger partial charge >= 0.3 is 0 Å². The Morgan fingerprint density at radius 2 is 1.51 bits per heavy atom. The van der Waals surface area contributed by atoms with Crippen LogP contribution in [0, 0.1) is 6.92 Å². The molecule has 4 aromatic rings. The van der Waals surface area contributed by atoms with Gasteiger partial charge in [0.2, 0.25) is 0 Å². The Morgan fingerprint density at radius 1 is 0.821 bits per heavy atom. The van der Waals surface area contributed by atoms with Gasteiger partial charge in [-0.05, 0) is 72.6 Å². The van der Waals surface area contributed by atoms with Gasteiger partial charge < -0.3 is 9.47 Å². The number of amides is 1. The first-order valence-electron chi connectivity index (χ1n) is 12.9. The number of ether oxygens (including phenoxy) is 2. The van der Waals surface area contributed by atoms with Crippen LogP contribution in [0.3, 0.4) is 0 Å². The van der Waals surface area contributed by atoms with E-state index >= 15 is 0 Å². The molecule has 0 aliphatic carbocycles. The van der Waals surface area contributed by atoms with E-state index in [0.717, 1.165) is 27.9 Å². The number of aryl methyl sites for hydroxylation is 1. The summed E-state index contributed by atoms with van der Waals surface area (Å²) in [5.74, 6) is 1.24. The molecule has 1 fully saturated rings. The Kier molecular flexibility index (Phi) is 8.44. The second-order valence-corrected chi connectivity index (χ2v) is 10.1. The van der Waals surface area contributed by atoms with Crippen molar-refractivity contribution in [1.29, 1.82) is 0 Å². The van der Waals surface area contributed by atoms with Crippen molar-refractivity contribution in [3.8, 4) is 11.5 Å². The second-order valence-electron chi connectivity index (χ2n) is 9.13. The summed E-state index contributed by atoms with van der Waals surface area (Å²) in [7, 11) is 0. The zero-order valence-corrected chi connectivity index (χ0v) is 22.9. The van der Waals surface area contributed by atoms with E-state index < -0.39 is 0 Å². The number of carbonyl (C=O) groups is 1. The monoisotopic (exact) mass is 534 g/mol. The molecule has 5 rings (SSSR count). The summed E-state index contributed by atoms with van der Waals surface area (Å²) in [6.45, 7) is 5.39. The van der Waals surface area contributed by atoms with Crippen molar-refractivity contribution in [3.05, 3.63) is 130 Å². The van der Waals surface area contributed by atoms with Crippen LogP contribution in [0.1, 0.15) is 29.2 Å². The van der Waals surface area contributed by atoms with Gasteiger partial charge in [-0.25, -0.2) is 4.99 Å². The maximum atomic E-state index is 13.6. The van der Waals surface area contributed by atoms with E-state index in [-0.39, 0.29) is 5.91 Å². The lowest BCUT2D eigenvalue weighted by molar-refractivity contribution is -0.122. The molecular formula is C33H30N2O3S. The number of thioether (sulfide) groups is 1. The first kappa shape index (κ1) is 26.3. The van der Waals surface area contributed by atoms with Gasteiger partial charge in [0, 0.05) is 0 Å². The van der Waals surface area contributed by atoms with Crippen LogP contribution in [0.2, 0.25) is 0 Å². The molecule has 4 aromatic carbocycles. The predicted molar refractivity (Wildman–Crippen MR) is 159 cm³/mol. The third-order valence-electron chi connectivity index (χ3n) is 6.13. The lowest BCUT2D eigenvalue weighted by atomic mass is 10.1. The highest BCUT2D eigenvalue weighted by atomic mass is 32.2. The fourth-order valence-corrected chi connectivity index (χ4v) is 5.11. The van der Waals surface area contributed by atoms with Crippen LogP contribution >= 0.6 is 11.8 Å². The number of hydrogen-bond donors (Lipinski definition) is 0. The molecule has 0 radical (unpaired) electrons. The van der Waals surface area contributed by atoms with Crippen LogP contribution in [0.25, 0.3) is 6.08 Å². The topological polar surface area (TPSA) is 51.1 Å². The second kappa shape index (κ2) is 12.5. The summed E-state index contributed by atoms with van der Waals surface area (Å²) in [5.41, 5.74) is 4.96. The van der Waals surface area contributed by atoms with E-state index in [2.05, 4.69) is 0 Å². The largest absolute Gasteiger partial charge is 0.490 e. The number of rotatable bonds is 9. The standard InChI is InChI=1S/C33H30N2O3S/c1-3-37-30-20-27(16-19-29(30)38-23-26-12-8-5-9-13-26)21-31-32(36)35(22-25-10-6-4-7-11-25)33(39-31)34-28-17-14-24(2)15-18-28/h4-21H,3,22-23H2,1-2H3/b31-21+,34-33?. The smallest absolute Gasteiger partial charge is 0.267 e. The van der Waals surface area contributed by atoms with Gasteiger partial charge in [0.15, 0.2) is 16.7 Å². The van der Waals surface area contributed by atoms with Gasteiger partial charge in [-0.3, -0.25) is 9.69 Å². The van der Waals surface area contributed by atoms with Crippen molar-refractivity contribution in [3.63, 3.8) is 0 Å². The van der Waals surface area contributed by atoms with E-state index in [1.54, 1.807) is 4.90 Å². The Balaban J connectivity index is 1.42. The van der Waals surface area contributed by atoms with E-state index in [9.17, 15) is 4.79 Å². The number of benzene rings is 4. The molecule has 0 bridgehead atoms. The fraction of sp³-hybridized carbons (Fsp3) is 0.152. The molecule has 6 heteroatoms. The first-order chi connectivity index (χ1) is 19.1.